The first-order valence-corrected chi connectivity index (χ1v) is 5.71. The number of aliphatic hydroxyl groups is 2. The first-order chi connectivity index (χ1) is 9.38. The molecule has 0 fully saturated rings. The molecule has 0 aliphatic rings. The Morgan fingerprint density at radius 3 is 1.75 bits per heavy atom. The number of hydrogen-bond acceptors (Lipinski definition) is 5. The quantitative estimate of drug-likeness (QED) is 0.489. The Morgan fingerprint density at radius 2 is 1.45 bits per heavy atom. The highest BCUT2D eigenvalue weighted by atomic mass is 35.5. The summed E-state index contributed by atoms with van der Waals surface area (Å²) in [6.07, 6.45) is 0. The summed E-state index contributed by atoms with van der Waals surface area (Å²) in [5.74, 6) is -2.32. The van der Waals surface area contributed by atoms with Crippen LogP contribution in [-0.4, -0.2) is 41.1 Å². The van der Waals surface area contributed by atoms with E-state index in [2.05, 4.69) is 10.6 Å². The van der Waals surface area contributed by atoms with E-state index in [-0.39, 0.29) is 22.0 Å². The third-order valence-corrected chi connectivity index (χ3v) is 2.60. The molecule has 0 aromatic heterocycles. The van der Waals surface area contributed by atoms with Gasteiger partial charge in [0.15, 0.2) is 0 Å². The van der Waals surface area contributed by atoms with Gasteiger partial charge < -0.3 is 26.6 Å². The normalized spacial score (nSPS) is 9.95. The molecule has 108 valence electrons. The van der Waals surface area contributed by atoms with Gasteiger partial charge in [-0.15, -0.1) is 0 Å². The SMILES string of the molecule is NC(=O)c1cc(NC(=O)CO)c(Cl)c(NC(=O)CO)c1. The maximum Gasteiger partial charge on any atom is 0.250 e. The molecule has 0 atom stereocenters. The molecule has 0 saturated heterocycles. The molecule has 20 heavy (non-hydrogen) atoms. The van der Waals surface area contributed by atoms with Crippen molar-refractivity contribution in [2.45, 2.75) is 0 Å². The first-order valence-electron chi connectivity index (χ1n) is 5.33. The van der Waals surface area contributed by atoms with Crippen LogP contribution < -0.4 is 16.4 Å². The van der Waals surface area contributed by atoms with Crippen molar-refractivity contribution in [3.05, 3.63) is 22.7 Å². The van der Waals surface area contributed by atoms with Gasteiger partial charge in [0.05, 0.1) is 16.4 Å². The Kier molecular flexibility index (Phi) is 5.44. The Labute approximate surface area is 118 Å². The zero-order valence-electron chi connectivity index (χ0n) is 10.1. The van der Waals surface area contributed by atoms with Gasteiger partial charge in [0.1, 0.15) is 13.2 Å². The molecular weight excluding hydrogens is 290 g/mol. The molecule has 8 nitrogen and oxygen atoms in total. The molecule has 1 aromatic carbocycles. The van der Waals surface area contributed by atoms with Gasteiger partial charge in [-0.05, 0) is 12.1 Å². The lowest BCUT2D eigenvalue weighted by Crippen LogP contribution is -2.20. The molecule has 0 saturated carbocycles. The highest BCUT2D eigenvalue weighted by Gasteiger charge is 2.15. The molecule has 3 amide bonds. The summed E-state index contributed by atoms with van der Waals surface area (Å²) < 4.78 is 0. The summed E-state index contributed by atoms with van der Waals surface area (Å²) >= 11 is 5.94. The van der Waals surface area contributed by atoms with Crippen molar-refractivity contribution in [3.63, 3.8) is 0 Å². The van der Waals surface area contributed by atoms with E-state index in [4.69, 9.17) is 27.5 Å². The fraction of sp³-hybridized carbons (Fsp3) is 0.182. The summed E-state index contributed by atoms with van der Waals surface area (Å²) in [4.78, 5) is 33.5. The molecule has 0 bridgehead atoms. The Hall–Kier alpha value is -2.16. The molecule has 6 N–H and O–H groups in total. The van der Waals surface area contributed by atoms with Crippen LogP contribution in [0.1, 0.15) is 10.4 Å². The van der Waals surface area contributed by atoms with E-state index in [9.17, 15) is 14.4 Å². The smallest absolute Gasteiger partial charge is 0.250 e. The predicted molar refractivity (Wildman–Crippen MR) is 71.4 cm³/mol. The van der Waals surface area contributed by atoms with Crippen LogP contribution in [0.3, 0.4) is 0 Å². The van der Waals surface area contributed by atoms with E-state index in [0.717, 1.165) is 0 Å². The van der Waals surface area contributed by atoms with Crippen LogP contribution in [0.25, 0.3) is 0 Å². The lowest BCUT2D eigenvalue weighted by Gasteiger charge is -2.13. The van der Waals surface area contributed by atoms with Crippen molar-refractivity contribution < 1.29 is 24.6 Å². The van der Waals surface area contributed by atoms with Crippen LogP contribution in [0.2, 0.25) is 5.02 Å². The number of carbonyl (C=O) groups is 3. The lowest BCUT2D eigenvalue weighted by molar-refractivity contribution is -0.119. The number of hydrogen-bond donors (Lipinski definition) is 5. The number of nitrogens with two attached hydrogens (primary N) is 1. The molecule has 1 aromatic rings. The number of halogens is 1. The molecule has 0 spiro atoms. The number of anilines is 2. The van der Waals surface area contributed by atoms with Gasteiger partial charge in [-0.1, -0.05) is 11.6 Å². The molecule has 0 aliphatic carbocycles. The van der Waals surface area contributed by atoms with E-state index in [1.54, 1.807) is 0 Å². The highest BCUT2D eigenvalue weighted by Crippen LogP contribution is 2.32. The summed E-state index contributed by atoms with van der Waals surface area (Å²) in [6, 6.07) is 2.40. The Morgan fingerprint density at radius 1 is 1.05 bits per heavy atom. The topological polar surface area (TPSA) is 142 Å². The van der Waals surface area contributed by atoms with Gasteiger partial charge >= 0.3 is 0 Å². The number of primary amides is 1. The van der Waals surface area contributed by atoms with Gasteiger partial charge in [0, 0.05) is 5.56 Å². The molecule has 1 rings (SSSR count). The van der Waals surface area contributed by atoms with Crippen molar-refractivity contribution >= 4 is 40.7 Å². The van der Waals surface area contributed by atoms with Crippen LogP contribution in [-0.2, 0) is 9.59 Å². The van der Waals surface area contributed by atoms with Gasteiger partial charge in [-0.3, -0.25) is 14.4 Å². The Bertz CT molecular complexity index is 522. The minimum absolute atomic E-state index is 0.00439. The zero-order chi connectivity index (χ0) is 15.3. The third kappa shape index (κ3) is 3.92. The standard InChI is InChI=1S/C11H12ClN3O5/c12-10-6(14-8(18)3-16)1-5(11(13)20)2-7(10)15-9(19)4-17/h1-2,16-17H,3-4H2,(H2,13,20)(H,14,18)(H,15,19). The second-order valence-electron chi connectivity index (χ2n) is 3.66. The number of aliphatic hydroxyl groups excluding tert-OH is 2. The van der Waals surface area contributed by atoms with Gasteiger partial charge in [0.2, 0.25) is 17.7 Å². The van der Waals surface area contributed by atoms with E-state index in [1.165, 1.54) is 12.1 Å². The molecule has 9 heteroatoms. The minimum Gasteiger partial charge on any atom is -0.387 e. The maximum absolute atomic E-state index is 11.2. The second-order valence-corrected chi connectivity index (χ2v) is 4.04. The first kappa shape index (κ1) is 15.9. The number of benzene rings is 1. The lowest BCUT2D eigenvalue weighted by atomic mass is 10.1. The molecule has 0 heterocycles. The van der Waals surface area contributed by atoms with E-state index >= 15 is 0 Å². The van der Waals surface area contributed by atoms with Crippen molar-refractivity contribution in [2.75, 3.05) is 23.8 Å². The van der Waals surface area contributed by atoms with E-state index in [0.29, 0.717) is 0 Å². The van der Waals surface area contributed by atoms with E-state index < -0.39 is 30.9 Å². The minimum atomic E-state index is -0.805. The van der Waals surface area contributed by atoms with Gasteiger partial charge in [-0.2, -0.15) is 0 Å². The van der Waals surface area contributed by atoms with Crippen molar-refractivity contribution in [1.82, 2.24) is 0 Å². The summed E-state index contributed by atoms with van der Waals surface area (Å²) in [5, 5.41) is 21.8. The zero-order valence-corrected chi connectivity index (χ0v) is 10.9. The summed E-state index contributed by atoms with van der Waals surface area (Å²) in [5.41, 5.74) is 5.10. The Balaban J connectivity index is 3.25. The predicted octanol–water partition coefficient (Wildman–Crippen LogP) is -0.700. The largest absolute Gasteiger partial charge is 0.387 e. The van der Waals surface area contributed by atoms with Crippen molar-refractivity contribution in [2.24, 2.45) is 5.73 Å². The van der Waals surface area contributed by atoms with Crippen LogP contribution in [0, 0.1) is 0 Å². The third-order valence-electron chi connectivity index (χ3n) is 2.19. The van der Waals surface area contributed by atoms with Crippen LogP contribution in [0.4, 0.5) is 11.4 Å². The maximum atomic E-state index is 11.2. The molecule has 0 unspecified atom stereocenters. The average molecular weight is 302 g/mol. The number of amides is 3. The van der Waals surface area contributed by atoms with Crippen LogP contribution >= 0.6 is 11.6 Å². The number of rotatable bonds is 5. The molecular formula is C11H12ClN3O5. The monoisotopic (exact) mass is 301 g/mol. The number of carbonyl (C=O) groups excluding carboxylic acids is 3. The number of nitrogens with one attached hydrogen (secondary N) is 2. The van der Waals surface area contributed by atoms with Crippen LogP contribution in [0.15, 0.2) is 12.1 Å². The highest BCUT2D eigenvalue weighted by molar-refractivity contribution is 6.37. The summed E-state index contributed by atoms with van der Waals surface area (Å²) in [6.45, 7) is -1.56. The fourth-order valence-electron chi connectivity index (χ4n) is 1.33. The van der Waals surface area contributed by atoms with Crippen LogP contribution in [0.5, 0.6) is 0 Å². The summed E-state index contributed by atoms with van der Waals surface area (Å²) in [7, 11) is 0. The van der Waals surface area contributed by atoms with Gasteiger partial charge in [0.25, 0.3) is 0 Å². The van der Waals surface area contributed by atoms with E-state index in [1.807, 2.05) is 0 Å². The van der Waals surface area contributed by atoms with Gasteiger partial charge in [-0.25, -0.2) is 0 Å². The average Bonchev–Trinajstić information content (AvgIpc) is 2.42. The van der Waals surface area contributed by atoms with Crippen molar-refractivity contribution in [3.8, 4) is 0 Å². The molecule has 0 radical (unpaired) electrons. The fourth-order valence-corrected chi connectivity index (χ4v) is 1.53. The van der Waals surface area contributed by atoms with Crippen molar-refractivity contribution in [1.29, 1.82) is 0 Å². The molecule has 0 aliphatic heterocycles. The second kappa shape index (κ2) is 6.85.